The van der Waals surface area contributed by atoms with E-state index in [4.69, 9.17) is 61.6 Å². The molecule has 3 fully saturated rings. The van der Waals surface area contributed by atoms with Crippen LogP contribution in [0.25, 0.3) is 11.1 Å². The number of benzene rings is 6. The van der Waals surface area contributed by atoms with Gasteiger partial charge in [0.1, 0.15) is 0 Å². The van der Waals surface area contributed by atoms with Gasteiger partial charge in [0, 0.05) is 28.9 Å². The molecule has 0 radical (unpaired) electrons. The molecule has 0 unspecified atom stereocenters. The van der Waals surface area contributed by atoms with E-state index in [2.05, 4.69) is 0 Å². The van der Waals surface area contributed by atoms with E-state index in [0.717, 1.165) is 16.7 Å². The average molecular weight is 1110 g/mol. The lowest BCUT2D eigenvalue weighted by atomic mass is 9.83. The molecule has 428 valence electrons. The average Bonchev–Trinajstić information content (AvgIpc) is 4.28. The van der Waals surface area contributed by atoms with Crippen LogP contribution in [0.4, 0.5) is 0 Å². The minimum Gasteiger partial charge on any atom is -0.504 e. The van der Waals surface area contributed by atoms with Gasteiger partial charge in [0.25, 0.3) is 0 Å². The van der Waals surface area contributed by atoms with Gasteiger partial charge in [-0.3, -0.25) is 14.4 Å². The second-order valence-corrected chi connectivity index (χ2v) is 20.4. The maximum atomic E-state index is 13.7. The van der Waals surface area contributed by atoms with Crippen LogP contribution in [0.2, 0.25) is 0 Å². The monoisotopic (exact) mass is 1110 g/mol. The summed E-state index contributed by atoms with van der Waals surface area (Å²) in [6, 6.07) is 27.2. The smallest absolute Gasteiger partial charge is 0.309 e. The molecule has 6 atom stereocenters. The zero-order valence-corrected chi connectivity index (χ0v) is 46.9. The van der Waals surface area contributed by atoms with Crippen LogP contribution in [0.1, 0.15) is 33.4 Å². The molecule has 81 heavy (non-hydrogen) atoms. The molecule has 3 aliphatic heterocycles. The van der Waals surface area contributed by atoms with E-state index in [1.807, 2.05) is 54.6 Å². The predicted molar refractivity (Wildman–Crippen MR) is 296 cm³/mol. The molecule has 18 nitrogen and oxygen atoms in total. The Balaban J connectivity index is 1.10. The first-order valence-corrected chi connectivity index (χ1v) is 26.5. The largest absolute Gasteiger partial charge is 0.504 e. The molecular formula is C63H68O18. The zero-order chi connectivity index (χ0) is 57.5. The fourth-order valence-electron chi connectivity index (χ4n) is 11.3. The second-order valence-electron chi connectivity index (χ2n) is 20.4. The molecule has 9 rings (SSSR count). The molecule has 0 aromatic heterocycles. The van der Waals surface area contributed by atoms with Gasteiger partial charge in [-0.15, -0.1) is 0 Å². The Morgan fingerprint density at radius 2 is 0.654 bits per heavy atom. The SMILES string of the molecule is COc1ccc(C[C@@H]2COC(=O)[C@H]2Cc2cc(OC)c(O)c(Oc3c(OC)cc(C[C@@H]4C(=O)OC[C@H]4Cc4ccc(OC)c(OC)c4)cc3-c3cc(C[C@@H]4C(=O)OC[C@H]4Cc4ccc(OC)c(OC)c4)cc(OC)c3O)c2)cc1OC. The highest BCUT2D eigenvalue weighted by atomic mass is 16.6. The van der Waals surface area contributed by atoms with Crippen LogP contribution in [0.5, 0.6) is 74.7 Å². The topological polar surface area (TPSA) is 212 Å². The summed E-state index contributed by atoms with van der Waals surface area (Å²) in [6.45, 7) is 0.582. The van der Waals surface area contributed by atoms with Crippen LogP contribution in [0.15, 0.2) is 91.0 Å². The van der Waals surface area contributed by atoms with E-state index in [9.17, 15) is 24.6 Å². The van der Waals surface area contributed by atoms with Crippen LogP contribution >= 0.6 is 0 Å². The third-order valence-electron chi connectivity index (χ3n) is 15.6. The highest BCUT2D eigenvalue weighted by Gasteiger charge is 2.40. The maximum absolute atomic E-state index is 13.7. The number of ether oxygens (including phenoxy) is 13. The van der Waals surface area contributed by atoms with Crippen molar-refractivity contribution in [2.45, 2.75) is 38.5 Å². The Hall–Kier alpha value is -8.67. The van der Waals surface area contributed by atoms with Crippen LogP contribution in [0, 0.1) is 35.5 Å². The van der Waals surface area contributed by atoms with Crippen molar-refractivity contribution in [2.24, 2.45) is 35.5 Å². The van der Waals surface area contributed by atoms with Gasteiger partial charge in [-0.05, 0) is 145 Å². The Bertz CT molecular complexity index is 3280. The standard InChI is InChI=1S/C63H68O18/c1-69-48-13-10-34(24-51(48)72-4)16-40-31-78-61(66)43(40)19-37-22-46(58(64)54(27-37)75-7)47-23-38(20-44-41(32-79-62(44)67)17-35-11-14-49(70-2)52(25-35)73-5)30-57(77-9)60(47)81-56-29-39(28-55(76-8)59(56)65)21-45-42(33-80-63(45)68)18-36-12-15-50(71-3)53(26-36)74-6/h10-15,22-30,40-45,64-65H,16-21,31-33H2,1-9H3/t40-,41-,42-,43+,44+,45+/m1/s1. The van der Waals surface area contributed by atoms with Gasteiger partial charge in [-0.25, -0.2) is 0 Å². The van der Waals surface area contributed by atoms with Crippen LogP contribution in [-0.2, 0) is 67.1 Å². The van der Waals surface area contributed by atoms with Gasteiger partial charge in [0.15, 0.2) is 69.0 Å². The van der Waals surface area contributed by atoms with Crippen molar-refractivity contribution in [1.29, 1.82) is 0 Å². The van der Waals surface area contributed by atoms with Crippen LogP contribution in [0.3, 0.4) is 0 Å². The number of rotatable bonds is 24. The van der Waals surface area contributed by atoms with E-state index < -0.39 is 17.8 Å². The molecule has 0 saturated carbocycles. The molecule has 0 aliphatic carbocycles. The van der Waals surface area contributed by atoms with E-state index in [1.54, 1.807) is 79.1 Å². The van der Waals surface area contributed by atoms with Gasteiger partial charge in [-0.1, -0.05) is 18.2 Å². The Labute approximate surface area is 470 Å². The third kappa shape index (κ3) is 12.2. The molecule has 3 aliphatic rings. The summed E-state index contributed by atoms with van der Waals surface area (Å²) in [4.78, 5) is 40.9. The molecule has 2 N–H and O–H groups in total. The molecular weight excluding hydrogens is 1040 g/mol. The van der Waals surface area contributed by atoms with Gasteiger partial charge in [0.05, 0.1) is 102 Å². The Morgan fingerprint density at radius 1 is 0.346 bits per heavy atom. The van der Waals surface area contributed by atoms with Gasteiger partial charge in [-0.2, -0.15) is 0 Å². The Morgan fingerprint density at radius 3 is 1.02 bits per heavy atom. The van der Waals surface area contributed by atoms with Crippen molar-refractivity contribution in [3.63, 3.8) is 0 Å². The lowest BCUT2D eigenvalue weighted by Gasteiger charge is -2.22. The summed E-state index contributed by atoms with van der Waals surface area (Å²) >= 11 is 0. The van der Waals surface area contributed by atoms with E-state index in [-0.39, 0.29) is 121 Å². The highest BCUT2D eigenvalue weighted by Crippen LogP contribution is 2.51. The van der Waals surface area contributed by atoms with Gasteiger partial charge >= 0.3 is 17.9 Å². The Kier molecular flexibility index (Phi) is 17.7. The van der Waals surface area contributed by atoms with Crippen LogP contribution in [-0.4, -0.2) is 112 Å². The van der Waals surface area contributed by atoms with Crippen molar-refractivity contribution in [2.75, 3.05) is 83.8 Å². The number of cyclic esters (lactones) is 3. The maximum Gasteiger partial charge on any atom is 0.309 e. The highest BCUT2D eigenvalue weighted by molar-refractivity contribution is 5.83. The first-order chi connectivity index (χ1) is 39.2. The van der Waals surface area contributed by atoms with Crippen molar-refractivity contribution in [3.8, 4) is 85.9 Å². The number of aromatic hydroxyl groups is 2. The number of carbonyl (C=O) groups is 3. The first-order valence-electron chi connectivity index (χ1n) is 26.5. The normalized spacial score (nSPS) is 19.3. The lowest BCUT2D eigenvalue weighted by Crippen LogP contribution is -2.21. The minimum absolute atomic E-state index is 0.0527. The molecule has 3 heterocycles. The number of hydrogen-bond acceptors (Lipinski definition) is 18. The summed E-state index contributed by atoms with van der Waals surface area (Å²) in [7, 11) is 13.7. The summed E-state index contributed by atoms with van der Waals surface area (Å²) in [5.74, 6) is -0.363. The fraction of sp³-hybridized carbons (Fsp3) is 0.381. The minimum atomic E-state index is -0.601. The third-order valence-corrected chi connectivity index (χ3v) is 15.6. The molecule has 0 spiro atoms. The predicted octanol–water partition coefficient (Wildman–Crippen LogP) is 9.36. The first kappa shape index (κ1) is 57.0. The van der Waals surface area contributed by atoms with Gasteiger partial charge < -0.3 is 71.8 Å². The van der Waals surface area contributed by atoms with Crippen molar-refractivity contribution in [1.82, 2.24) is 0 Å². The van der Waals surface area contributed by atoms with E-state index in [0.29, 0.717) is 76.0 Å². The summed E-state index contributed by atoms with van der Waals surface area (Å²) in [5.41, 5.74) is 5.14. The van der Waals surface area contributed by atoms with Gasteiger partial charge in [0.2, 0.25) is 5.75 Å². The second kappa shape index (κ2) is 25.2. The number of hydrogen-bond donors (Lipinski definition) is 2. The van der Waals surface area contributed by atoms with E-state index in [1.165, 1.54) is 21.3 Å². The van der Waals surface area contributed by atoms with Crippen molar-refractivity contribution >= 4 is 17.9 Å². The number of phenols is 2. The quantitative estimate of drug-likeness (QED) is 0.0427. The van der Waals surface area contributed by atoms with E-state index >= 15 is 0 Å². The lowest BCUT2D eigenvalue weighted by molar-refractivity contribution is -0.142. The molecule has 6 aromatic carbocycles. The van der Waals surface area contributed by atoms with Crippen LogP contribution < -0.4 is 47.4 Å². The number of phenolic OH excluding ortho intramolecular Hbond substituents is 2. The zero-order valence-electron chi connectivity index (χ0n) is 46.9. The molecule has 0 bridgehead atoms. The molecule has 0 amide bonds. The molecule has 6 aromatic rings. The summed E-state index contributed by atoms with van der Waals surface area (Å²) < 4.78 is 74.7. The summed E-state index contributed by atoms with van der Waals surface area (Å²) in [6.07, 6.45) is 2.09. The van der Waals surface area contributed by atoms with Crippen molar-refractivity contribution in [3.05, 3.63) is 124 Å². The number of carbonyl (C=O) groups excluding carboxylic acids is 3. The number of methoxy groups -OCH3 is 9. The summed E-state index contributed by atoms with van der Waals surface area (Å²) in [5, 5.41) is 24.2. The molecule has 18 heteroatoms. The van der Waals surface area contributed by atoms with Crippen molar-refractivity contribution < 1.29 is 86.2 Å². The molecule has 3 saturated heterocycles. The fourth-order valence-corrected chi connectivity index (χ4v) is 11.3. The number of esters is 3.